The van der Waals surface area contributed by atoms with E-state index < -0.39 is 0 Å². The minimum atomic E-state index is -0.311. The van der Waals surface area contributed by atoms with E-state index in [1.807, 2.05) is 12.1 Å². The number of aliphatic hydroxyl groups excluding tert-OH is 1. The third-order valence-corrected chi connectivity index (χ3v) is 3.11. The fourth-order valence-electron chi connectivity index (χ4n) is 2.29. The third-order valence-electron chi connectivity index (χ3n) is 3.11. The lowest BCUT2D eigenvalue weighted by atomic mass is 9.99. The highest BCUT2D eigenvalue weighted by molar-refractivity contribution is 5.25. The monoisotopic (exact) mass is 240 g/mol. The Morgan fingerprint density at radius 3 is 1.67 bits per heavy atom. The van der Waals surface area contributed by atoms with Crippen molar-refractivity contribution in [3.8, 4) is 0 Å². The standard InChI is InChI=1S/C17H20O/c1-13-5-3-7-15(9-13)11-17(18)12-16-8-4-6-14(2)10-16/h3-10,17-18H,11-12H2,1-2H3. The van der Waals surface area contributed by atoms with Crippen molar-refractivity contribution < 1.29 is 5.11 Å². The maximum Gasteiger partial charge on any atom is 0.0620 e. The Morgan fingerprint density at radius 2 is 1.28 bits per heavy atom. The van der Waals surface area contributed by atoms with E-state index in [2.05, 4.69) is 50.2 Å². The van der Waals surface area contributed by atoms with Crippen LogP contribution in [0.5, 0.6) is 0 Å². The van der Waals surface area contributed by atoms with Crippen LogP contribution in [0.15, 0.2) is 48.5 Å². The van der Waals surface area contributed by atoms with Crippen LogP contribution in [0.2, 0.25) is 0 Å². The van der Waals surface area contributed by atoms with Crippen LogP contribution in [0.3, 0.4) is 0 Å². The zero-order valence-electron chi connectivity index (χ0n) is 11.1. The van der Waals surface area contributed by atoms with Gasteiger partial charge in [-0.05, 0) is 37.8 Å². The van der Waals surface area contributed by atoms with E-state index in [0.717, 1.165) is 12.8 Å². The molecular formula is C17H20O. The van der Waals surface area contributed by atoms with Crippen LogP contribution in [-0.4, -0.2) is 11.2 Å². The topological polar surface area (TPSA) is 20.2 Å². The Morgan fingerprint density at radius 1 is 0.833 bits per heavy atom. The molecule has 0 aliphatic rings. The van der Waals surface area contributed by atoms with Gasteiger partial charge in [-0.1, -0.05) is 59.7 Å². The van der Waals surface area contributed by atoms with Gasteiger partial charge in [-0.3, -0.25) is 0 Å². The number of aryl methyl sites for hydroxylation is 2. The summed E-state index contributed by atoms with van der Waals surface area (Å²) in [6, 6.07) is 16.7. The zero-order valence-corrected chi connectivity index (χ0v) is 11.1. The Hall–Kier alpha value is -1.60. The SMILES string of the molecule is Cc1cccc(CC(O)Cc2cccc(C)c2)c1. The first-order chi connectivity index (χ1) is 8.63. The summed E-state index contributed by atoms with van der Waals surface area (Å²) in [6.45, 7) is 4.16. The third kappa shape index (κ3) is 3.71. The van der Waals surface area contributed by atoms with Gasteiger partial charge in [0.1, 0.15) is 0 Å². The van der Waals surface area contributed by atoms with E-state index in [0.29, 0.717) is 0 Å². The molecule has 0 saturated heterocycles. The van der Waals surface area contributed by atoms with Gasteiger partial charge in [0.05, 0.1) is 6.10 Å². The molecule has 2 aromatic carbocycles. The van der Waals surface area contributed by atoms with Gasteiger partial charge in [0.25, 0.3) is 0 Å². The Bertz CT molecular complexity index is 469. The summed E-state index contributed by atoms with van der Waals surface area (Å²) >= 11 is 0. The predicted molar refractivity (Wildman–Crippen MR) is 75.8 cm³/mol. The van der Waals surface area contributed by atoms with Gasteiger partial charge < -0.3 is 5.11 Å². The van der Waals surface area contributed by atoms with Crippen molar-refractivity contribution in [1.82, 2.24) is 0 Å². The van der Waals surface area contributed by atoms with Crippen LogP contribution < -0.4 is 0 Å². The van der Waals surface area contributed by atoms with E-state index >= 15 is 0 Å². The van der Waals surface area contributed by atoms with Crippen molar-refractivity contribution in [1.29, 1.82) is 0 Å². The summed E-state index contributed by atoms with van der Waals surface area (Å²) < 4.78 is 0. The molecule has 0 spiro atoms. The van der Waals surface area contributed by atoms with Gasteiger partial charge in [-0.2, -0.15) is 0 Å². The summed E-state index contributed by atoms with van der Waals surface area (Å²) in [5.41, 5.74) is 4.90. The number of hydrogen-bond donors (Lipinski definition) is 1. The van der Waals surface area contributed by atoms with Crippen molar-refractivity contribution in [3.63, 3.8) is 0 Å². The fourth-order valence-corrected chi connectivity index (χ4v) is 2.29. The first-order valence-corrected chi connectivity index (χ1v) is 6.42. The van der Waals surface area contributed by atoms with Crippen LogP contribution in [0.25, 0.3) is 0 Å². The second kappa shape index (κ2) is 5.83. The molecule has 1 N–H and O–H groups in total. The summed E-state index contributed by atoms with van der Waals surface area (Å²) in [5.74, 6) is 0. The molecule has 0 aliphatic heterocycles. The molecule has 18 heavy (non-hydrogen) atoms. The molecule has 0 aliphatic carbocycles. The molecule has 1 nitrogen and oxygen atoms in total. The first kappa shape index (κ1) is 12.8. The minimum absolute atomic E-state index is 0.311. The van der Waals surface area contributed by atoms with Crippen molar-refractivity contribution >= 4 is 0 Å². The van der Waals surface area contributed by atoms with Gasteiger partial charge in [-0.25, -0.2) is 0 Å². The van der Waals surface area contributed by atoms with E-state index in [1.54, 1.807) is 0 Å². The van der Waals surface area contributed by atoms with Crippen LogP contribution >= 0.6 is 0 Å². The van der Waals surface area contributed by atoms with E-state index in [9.17, 15) is 5.11 Å². The molecule has 0 fully saturated rings. The molecule has 2 aromatic rings. The molecule has 0 atom stereocenters. The van der Waals surface area contributed by atoms with Gasteiger partial charge >= 0.3 is 0 Å². The van der Waals surface area contributed by atoms with Crippen LogP contribution in [0, 0.1) is 13.8 Å². The van der Waals surface area contributed by atoms with Crippen LogP contribution in [-0.2, 0) is 12.8 Å². The van der Waals surface area contributed by atoms with Gasteiger partial charge in [-0.15, -0.1) is 0 Å². The summed E-state index contributed by atoms with van der Waals surface area (Å²) in [6.07, 6.45) is 1.12. The molecular weight excluding hydrogens is 220 g/mol. The van der Waals surface area contributed by atoms with Crippen LogP contribution in [0.4, 0.5) is 0 Å². The highest BCUT2D eigenvalue weighted by atomic mass is 16.3. The lowest BCUT2D eigenvalue weighted by Crippen LogP contribution is -2.14. The Balaban J connectivity index is 1.98. The molecule has 0 amide bonds. The highest BCUT2D eigenvalue weighted by Crippen LogP contribution is 2.12. The second-order valence-electron chi connectivity index (χ2n) is 5.04. The number of rotatable bonds is 4. The number of hydrogen-bond acceptors (Lipinski definition) is 1. The van der Waals surface area contributed by atoms with Gasteiger partial charge in [0.2, 0.25) is 0 Å². The van der Waals surface area contributed by atoms with E-state index in [1.165, 1.54) is 22.3 Å². The van der Waals surface area contributed by atoms with E-state index in [4.69, 9.17) is 0 Å². The highest BCUT2D eigenvalue weighted by Gasteiger charge is 2.07. The molecule has 1 heteroatoms. The predicted octanol–water partition coefficient (Wildman–Crippen LogP) is 3.45. The summed E-state index contributed by atoms with van der Waals surface area (Å²) in [5, 5.41) is 10.1. The van der Waals surface area contributed by atoms with Gasteiger partial charge in [0.15, 0.2) is 0 Å². The van der Waals surface area contributed by atoms with E-state index in [-0.39, 0.29) is 6.10 Å². The molecule has 0 saturated carbocycles. The maximum absolute atomic E-state index is 10.1. The lowest BCUT2D eigenvalue weighted by Gasteiger charge is -2.11. The van der Waals surface area contributed by atoms with Crippen molar-refractivity contribution in [3.05, 3.63) is 70.8 Å². The molecule has 0 radical (unpaired) electrons. The molecule has 0 heterocycles. The maximum atomic E-state index is 10.1. The second-order valence-corrected chi connectivity index (χ2v) is 5.04. The lowest BCUT2D eigenvalue weighted by molar-refractivity contribution is 0.175. The minimum Gasteiger partial charge on any atom is -0.392 e. The molecule has 0 bridgehead atoms. The first-order valence-electron chi connectivity index (χ1n) is 6.42. The smallest absolute Gasteiger partial charge is 0.0620 e. The van der Waals surface area contributed by atoms with Crippen molar-refractivity contribution in [2.24, 2.45) is 0 Å². The largest absolute Gasteiger partial charge is 0.392 e. The fraction of sp³-hybridized carbons (Fsp3) is 0.294. The molecule has 0 aromatic heterocycles. The quantitative estimate of drug-likeness (QED) is 0.868. The van der Waals surface area contributed by atoms with Crippen molar-refractivity contribution in [2.75, 3.05) is 0 Å². The average molecular weight is 240 g/mol. The van der Waals surface area contributed by atoms with Crippen LogP contribution in [0.1, 0.15) is 22.3 Å². The summed E-state index contributed by atoms with van der Waals surface area (Å²) in [7, 11) is 0. The Labute approximate surface area is 109 Å². The Kier molecular flexibility index (Phi) is 4.16. The van der Waals surface area contributed by atoms with Crippen molar-refractivity contribution in [2.45, 2.75) is 32.8 Å². The number of benzene rings is 2. The summed E-state index contributed by atoms with van der Waals surface area (Å²) in [4.78, 5) is 0. The normalized spacial score (nSPS) is 10.9. The average Bonchev–Trinajstić information content (AvgIpc) is 2.28. The number of aliphatic hydroxyl groups is 1. The molecule has 94 valence electrons. The zero-order chi connectivity index (χ0) is 13.0. The molecule has 0 unspecified atom stereocenters. The van der Waals surface area contributed by atoms with Gasteiger partial charge in [0, 0.05) is 0 Å². The molecule has 2 rings (SSSR count).